The van der Waals surface area contributed by atoms with Gasteiger partial charge in [-0.3, -0.25) is 20.3 Å². The van der Waals surface area contributed by atoms with Gasteiger partial charge in [-0.15, -0.1) is 11.3 Å². The Morgan fingerprint density at radius 2 is 1.96 bits per heavy atom. The second kappa shape index (κ2) is 8.47. The highest BCUT2D eigenvalue weighted by atomic mass is 35.5. The lowest BCUT2D eigenvalue weighted by Crippen LogP contribution is -2.15. The number of Topliss-reactive ketones (excluding diaryl/α,β-unsaturated/α-hetero) is 1. The molecule has 0 bridgehead atoms. The van der Waals surface area contributed by atoms with Crippen LogP contribution in [-0.2, 0) is 4.79 Å². The summed E-state index contributed by atoms with van der Waals surface area (Å²) in [5.41, 5.74) is 4.00. The van der Waals surface area contributed by atoms with Gasteiger partial charge in [-0.2, -0.15) is 5.10 Å². The predicted molar refractivity (Wildman–Crippen MR) is 112 cm³/mol. The number of aromatic nitrogens is 1. The lowest BCUT2D eigenvalue weighted by atomic mass is 10.1. The van der Waals surface area contributed by atoms with Gasteiger partial charge in [0.25, 0.3) is 5.69 Å². The quantitative estimate of drug-likeness (QED) is 0.316. The fourth-order valence-electron chi connectivity index (χ4n) is 2.38. The van der Waals surface area contributed by atoms with E-state index in [9.17, 15) is 14.9 Å². The molecule has 7 nitrogen and oxygen atoms in total. The van der Waals surface area contributed by atoms with Crippen molar-refractivity contribution in [2.75, 3.05) is 5.43 Å². The van der Waals surface area contributed by atoms with Gasteiger partial charge in [-0.05, 0) is 18.2 Å². The minimum atomic E-state index is -0.556. The second-order valence-electron chi connectivity index (χ2n) is 5.57. The molecule has 142 valence electrons. The first-order chi connectivity index (χ1) is 13.4. The van der Waals surface area contributed by atoms with Crippen LogP contribution in [0.5, 0.6) is 0 Å². The van der Waals surface area contributed by atoms with E-state index in [2.05, 4.69) is 15.5 Å². The molecule has 0 atom stereocenters. The standard InChI is InChI=1S/C18H12Cl2N4O3S/c1-10(25)17(12-4-2-3-5-16(12)24(26)27)22-23-18-21-15(9-28-18)11-6-7-13(19)14(20)8-11/h2-9H,1H3,(H,21,23)/b22-17+. The molecule has 1 aromatic heterocycles. The number of nitro benzene ring substituents is 1. The van der Waals surface area contributed by atoms with Crippen molar-refractivity contribution < 1.29 is 9.72 Å². The highest BCUT2D eigenvalue weighted by Gasteiger charge is 2.21. The number of anilines is 1. The molecule has 28 heavy (non-hydrogen) atoms. The van der Waals surface area contributed by atoms with Gasteiger partial charge in [0, 0.05) is 23.9 Å². The lowest BCUT2D eigenvalue weighted by Gasteiger charge is -2.04. The molecule has 0 aliphatic rings. The van der Waals surface area contributed by atoms with Crippen LogP contribution in [0.4, 0.5) is 10.8 Å². The minimum Gasteiger partial charge on any atom is -0.293 e. The summed E-state index contributed by atoms with van der Waals surface area (Å²) in [6.45, 7) is 1.29. The number of benzene rings is 2. The number of ketones is 1. The SMILES string of the molecule is CC(=O)/C(=N\Nc1nc(-c2ccc(Cl)c(Cl)c2)cs1)c1ccccc1[N+](=O)[O-]. The molecule has 0 aliphatic heterocycles. The van der Waals surface area contributed by atoms with Crippen molar-refractivity contribution in [3.8, 4) is 11.3 Å². The molecule has 1 N–H and O–H groups in total. The molecule has 0 saturated carbocycles. The molecule has 1 heterocycles. The van der Waals surface area contributed by atoms with E-state index in [1.165, 1.54) is 36.5 Å². The summed E-state index contributed by atoms with van der Waals surface area (Å²) >= 11 is 13.2. The summed E-state index contributed by atoms with van der Waals surface area (Å²) in [5.74, 6) is -0.414. The van der Waals surface area contributed by atoms with Crippen LogP contribution in [0.15, 0.2) is 52.9 Å². The monoisotopic (exact) mass is 434 g/mol. The van der Waals surface area contributed by atoms with E-state index >= 15 is 0 Å². The number of para-hydroxylation sites is 1. The number of nitrogens with one attached hydrogen (secondary N) is 1. The fraction of sp³-hybridized carbons (Fsp3) is 0.0556. The van der Waals surface area contributed by atoms with Gasteiger partial charge in [-0.1, -0.05) is 41.4 Å². The van der Waals surface area contributed by atoms with E-state index in [0.717, 1.165) is 5.56 Å². The van der Waals surface area contributed by atoms with Crippen LogP contribution in [0.3, 0.4) is 0 Å². The Hall–Kier alpha value is -2.81. The van der Waals surface area contributed by atoms with Gasteiger partial charge >= 0.3 is 0 Å². The Bertz CT molecular complexity index is 1100. The lowest BCUT2D eigenvalue weighted by molar-refractivity contribution is -0.385. The summed E-state index contributed by atoms with van der Waals surface area (Å²) < 4.78 is 0. The first kappa shape index (κ1) is 19.9. The number of carbonyl (C=O) groups excluding carboxylic acids is 1. The number of carbonyl (C=O) groups is 1. The maximum atomic E-state index is 12.0. The van der Waals surface area contributed by atoms with Crippen LogP contribution in [-0.4, -0.2) is 21.4 Å². The van der Waals surface area contributed by atoms with Crippen LogP contribution < -0.4 is 5.43 Å². The highest BCUT2D eigenvalue weighted by Crippen LogP contribution is 2.30. The van der Waals surface area contributed by atoms with Crippen molar-refractivity contribution in [3.63, 3.8) is 0 Å². The van der Waals surface area contributed by atoms with Gasteiger partial charge in [0.1, 0.15) is 5.71 Å². The smallest absolute Gasteiger partial charge is 0.278 e. The average Bonchev–Trinajstić information content (AvgIpc) is 3.13. The van der Waals surface area contributed by atoms with Crippen LogP contribution in [0.2, 0.25) is 10.0 Å². The zero-order chi connectivity index (χ0) is 20.3. The molecule has 0 fully saturated rings. The number of nitrogens with zero attached hydrogens (tertiary/aromatic N) is 3. The van der Waals surface area contributed by atoms with Crippen LogP contribution in [0.25, 0.3) is 11.3 Å². The number of halogens is 2. The summed E-state index contributed by atoms with van der Waals surface area (Å²) in [5, 5.41) is 18.3. The largest absolute Gasteiger partial charge is 0.293 e. The van der Waals surface area contributed by atoms with Crippen molar-refractivity contribution >= 4 is 56.9 Å². The first-order valence-corrected chi connectivity index (χ1v) is 9.49. The molecule has 0 saturated heterocycles. The molecular formula is C18H12Cl2N4O3S. The third-order valence-electron chi connectivity index (χ3n) is 3.67. The summed E-state index contributed by atoms with van der Waals surface area (Å²) in [6.07, 6.45) is 0. The van der Waals surface area contributed by atoms with Crippen molar-refractivity contribution in [3.05, 3.63) is 73.6 Å². The van der Waals surface area contributed by atoms with E-state index in [1.54, 1.807) is 29.6 Å². The van der Waals surface area contributed by atoms with E-state index < -0.39 is 10.7 Å². The third-order valence-corrected chi connectivity index (χ3v) is 5.16. The maximum Gasteiger partial charge on any atom is 0.278 e. The predicted octanol–water partition coefficient (Wildman–Crippen LogP) is 5.43. The number of hydrogen-bond donors (Lipinski definition) is 1. The van der Waals surface area contributed by atoms with E-state index in [-0.39, 0.29) is 17.0 Å². The third kappa shape index (κ3) is 4.36. The fourth-order valence-corrected chi connectivity index (χ4v) is 3.34. The molecule has 3 rings (SSSR count). The van der Waals surface area contributed by atoms with Crippen molar-refractivity contribution in [2.45, 2.75) is 6.92 Å². The summed E-state index contributed by atoms with van der Waals surface area (Å²) in [7, 11) is 0. The number of hydrazone groups is 1. The number of thiazole rings is 1. The molecule has 0 spiro atoms. The zero-order valence-electron chi connectivity index (χ0n) is 14.3. The molecule has 10 heteroatoms. The number of rotatable bonds is 6. The molecule has 0 amide bonds. The Labute approximate surface area is 173 Å². The number of hydrogen-bond acceptors (Lipinski definition) is 7. The zero-order valence-corrected chi connectivity index (χ0v) is 16.7. The van der Waals surface area contributed by atoms with E-state index in [1.807, 2.05) is 0 Å². The van der Waals surface area contributed by atoms with E-state index in [4.69, 9.17) is 23.2 Å². The first-order valence-electron chi connectivity index (χ1n) is 7.86. The van der Waals surface area contributed by atoms with Gasteiger partial charge in [0.15, 0.2) is 5.78 Å². The molecule has 0 unspecified atom stereocenters. The molecule has 2 aromatic carbocycles. The van der Waals surface area contributed by atoms with Gasteiger partial charge in [0.05, 0.1) is 26.2 Å². The minimum absolute atomic E-state index is 0.0569. The topological polar surface area (TPSA) is 97.5 Å². The average molecular weight is 435 g/mol. The van der Waals surface area contributed by atoms with Crippen molar-refractivity contribution in [2.24, 2.45) is 5.10 Å². The van der Waals surface area contributed by atoms with Gasteiger partial charge < -0.3 is 0 Å². The Kier molecular flexibility index (Phi) is 6.03. The van der Waals surface area contributed by atoms with Gasteiger partial charge in [-0.25, -0.2) is 4.98 Å². The highest BCUT2D eigenvalue weighted by molar-refractivity contribution is 7.14. The second-order valence-corrected chi connectivity index (χ2v) is 7.24. The molecule has 0 radical (unpaired) electrons. The Balaban J connectivity index is 1.89. The summed E-state index contributed by atoms with van der Waals surface area (Å²) in [4.78, 5) is 27.1. The maximum absolute atomic E-state index is 12.0. The number of nitro groups is 1. The van der Waals surface area contributed by atoms with Crippen LogP contribution in [0.1, 0.15) is 12.5 Å². The van der Waals surface area contributed by atoms with E-state index in [0.29, 0.717) is 20.9 Å². The molecule has 0 aliphatic carbocycles. The molecule has 3 aromatic rings. The van der Waals surface area contributed by atoms with Crippen LogP contribution >= 0.6 is 34.5 Å². The van der Waals surface area contributed by atoms with Crippen LogP contribution in [0, 0.1) is 10.1 Å². The van der Waals surface area contributed by atoms with Crippen molar-refractivity contribution in [1.29, 1.82) is 0 Å². The Morgan fingerprint density at radius 1 is 1.21 bits per heavy atom. The molecular weight excluding hydrogens is 423 g/mol. The summed E-state index contributed by atoms with van der Waals surface area (Å²) in [6, 6.07) is 11.1. The van der Waals surface area contributed by atoms with Crippen molar-refractivity contribution in [1.82, 2.24) is 4.98 Å². The van der Waals surface area contributed by atoms with Gasteiger partial charge in [0.2, 0.25) is 5.13 Å². The Morgan fingerprint density at radius 3 is 2.64 bits per heavy atom. The normalized spacial score (nSPS) is 11.3.